The molecule has 2 unspecified atom stereocenters. The molecule has 1 rings (SSSR count). The number of hydrogen-bond donors (Lipinski definition) is 2. The van der Waals surface area contributed by atoms with Crippen LogP contribution in [0.2, 0.25) is 0 Å². The molecule has 2 atom stereocenters. The fourth-order valence-corrected chi connectivity index (χ4v) is 3.44. The number of aliphatic hydroxyl groups is 1. The molecule has 0 aliphatic carbocycles. The molecule has 1 aromatic carbocycles. The Hall–Kier alpha value is -0.910. The molecule has 5 heteroatoms. The lowest BCUT2D eigenvalue weighted by Crippen LogP contribution is -2.46. The van der Waals surface area contributed by atoms with E-state index in [0.717, 1.165) is 5.56 Å². The molecule has 0 saturated carbocycles. The predicted octanol–water partition coefficient (Wildman–Crippen LogP) is 1.48. The smallest absolute Gasteiger partial charge is 0.152 e. The first-order valence-electron chi connectivity index (χ1n) is 6.91. The summed E-state index contributed by atoms with van der Waals surface area (Å²) in [6.45, 7) is 5.22. The van der Waals surface area contributed by atoms with E-state index in [-0.39, 0.29) is 12.3 Å². The van der Waals surface area contributed by atoms with Crippen LogP contribution in [0.25, 0.3) is 0 Å². The van der Waals surface area contributed by atoms with Gasteiger partial charge in [-0.25, -0.2) is 8.42 Å². The fourth-order valence-electron chi connectivity index (χ4n) is 2.32. The minimum absolute atomic E-state index is 0.0294. The molecular weight excluding hydrogens is 274 g/mol. The quantitative estimate of drug-likeness (QED) is 0.799. The van der Waals surface area contributed by atoms with Crippen molar-refractivity contribution in [3.63, 3.8) is 0 Å². The van der Waals surface area contributed by atoms with Crippen molar-refractivity contribution in [3.8, 4) is 0 Å². The third-order valence-electron chi connectivity index (χ3n) is 4.06. The number of benzene rings is 1. The molecular formula is C15H25NO3S. The fraction of sp³-hybridized carbons (Fsp3) is 0.600. The van der Waals surface area contributed by atoms with Gasteiger partial charge in [0, 0.05) is 12.0 Å². The van der Waals surface area contributed by atoms with Crippen LogP contribution in [-0.2, 0) is 15.3 Å². The van der Waals surface area contributed by atoms with Gasteiger partial charge >= 0.3 is 0 Å². The molecule has 3 N–H and O–H groups in total. The van der Waals surface area contributed by atoms with E-state index in [4.69, 9.17) is 5.73 Å². The maximum Gasteiger partial charge on any atom is 0.152 e. The van der Waals surface area contributed by atoms with E-state index < -0.39 is 26.6 Å². The molecule has 0 heterocycles. The summed E-state index contributed by atoms with van der Waals surface area (Å²) in [7, 11) is -3.15. The lowest BCUT2D eigenvalue weighted by molar-refractivity contribution is 0.0980. The van der Waals surface area contributed by atoms with Crippen LogP contribution in [0.4, 0.5) is 0 Å². The third-order valence-corrected chi connectivity index (χ3v) is 6.27. The van der Waals surface area contributed by atoms with Crippen LogP contribution in [-0.4, -0.2) is 37.2 Å². The van der Waals surface area contributed by atoms with Crippen molar-refractivity contribution in [3.05, 3.63) is 35.9 Å². The first kappa shape index (κ1) is 17.1. The van der Waals surface area contributed by atoms with Gasteiger partial charge in [0.05, 0.1) is 17.1 Å². The largest absolute Gasteiger partial charge is 0.392 e. The molecule has 0 aliphatic rings. The van der Waals surface area contributed by atoms with Crippen LogP contribution in [0.3, 0.4) is 0 Å². The molecule has 0 aliphatic heterocycles. The van der Waals surface area contributed by atoms with Gasteiger partial charge in [0.2, 0.25) is 0 Å². The minimum Gasteiger partial charge on any atom is -0.392 e. The Bertz CT molecular complexity index is 511. The highest BCUT2D eigenvalue weighted by Gasteiger charge is 2.37. The highest BCUT2D eigenvalue weighted by molar-refractivity contribution is 7.91. The monoisotopic (exact) mass is 299 g/mol. The summed E-state index contributed by atoms with van der Waals surface area (Å²) in [5, 5.41) is 9.76. The van der Waals surface area contributed by atoms with Gasteiger partial charge in [0.1, 0.15) is 0 Å². The van der Waals surface area contributed by atoms with Crippen molar-refractivity contribution in [1.82, 2.24) is 0 Å². The minimum atomic E-state index is -3.15. The Morgan fingerprint density at radius 2 is 1.75 bits per heavy atom. The summed E-state index contributed by atoms with van der Waals surface area (Å²) in [5.41, 5.74) is 6.06. The number of sulfone groups is 1. The lowest BCUT2D eigenvalue weighted by atomic mass is 9.74. The molecule has 4 nitrogen and oxygen atoms in total. The van der Waals surface area contributed by atoms with E-state index in [1.807, 2.05) is 30.3 Å². The SMILES string of the molecule is CC(O)C(CN)(CCS(=O)(=O)C(C)C)c1ccccc1. The highest BCUT2D eigenvalue weighted by Crippen LogP contribution is 2.32. The van der Waals surface area contributed by atoms with E-state index in [9.17, 15) is 13.5 Å². The van der Waals surface area contributed by atoms with Gasteiger partial charge in [-0.2, -0.15) is 0 Å². The topological polar surface area (TPSA) is 80.4 Å². The van der Waals surface area contributed by atoms with Gasteiger partial charge in [-0.15, -0.1) is 0 Å². The van der Waals surface area contributed by atoms with Crippen LogP contribution >= 0.6 is 0 Å². The second-order valence-electron chi connectivity index (χ2n) is 5.57. The summed E-state index contributed by atoms with van der Waals surface area (Å²) in [4.78, 5) is 0. The Kier molecular flexibility index (Phi) is 5.74. The molecule has 0 fully saturated rings. The van der Waals surface area contributed by atoms with Crippen LogP contribution in [0.1, 0.15) is 32.8 Å². The van der Waals surface area contributed by atoms with E-state index in [1.165, 1.54) is 0 Å². The van der Waals surface area contributed by atoms with Crippen molar-refractivity contribution in [2.75, 3.05) is 12.3 Å². The van der Waals surface area contributed by atoms with Crippen LogP contribution in [0, 0.1) is 0 Å². The molecule has 0 amide bonds. The van der Waals surface area contributed by atoms with E-state index in [2.05, 4.69) is 0 Å². The normalized spacial score (nSPS) is 16.9. The summed E-state index contributed by atoms with van der Waals surface area (Å²) in [6.07, 6.45) is -0.386. The number of aliphatic hydroxyl groups excluding tert-OH is 1. The van der Waals surface area contributed by atoms with E-state index in [1.54, 1.807) is 20.8 Å². The molecule has 0 saturated heterocycles. The molecule has 0 radical (unpaired) electrons. The Morgan fingerprint density at radius 1 is 1.20 bits per heavy atom. The van der Waals surface area contributed by atoms with Crippen LogP contribution in [0.15, 0.2) is 30.3 Å². The Labute approximate surface area is 121 Å². The Morgan fingerprint density at radius 3 is 2.15 bits per heavy atom. The zero-order chi connectivity index (χ0) is 15.4. The van der Waals surface area contributed by atoms with Crippen molar-refractivity contribution in [2.45, 2.75) is 44.0 Å². The van der Waals surface area contributed by atoms with Gasteiger partial charge in [-0.1, -0.05) is 30.3 Å². The molecule has 20 heavy (non-hydrogen) atoms. The standard InChI is InChI=1S/C15H25NO3S/c1-12(2)20(18,19)10-9-15(11-16,13(3)17)14-7-5-4-6-8-14/h4-8,12-13,17H,9-11,16H2,1-3H3. The Balaban J connectivity index is 3.09. The maximum absolute atomic E-state index is 12.0. The predicted molar refractivity (Wildman–Crippen MR) is 82.4 cm³/mol. The van der Waals surface area contributed by atoms with Gasteiger partial charge in [0.15, 0.2) is 9.84 Å². The zero-order valence-corrected chi connectivity index (χ0v) is 13.2. The van der Waals surface area contributed by atoms with E-state index in [0.29, 0.717) is 6.42 Å². The van der Waals surface area contributed by atoms with Crippen molar-refractivity contribution in [2.24, 2.45) is 5.73 Å². The second-order valence-corrected chi connectivity index (χ2v) is 8.24. The molecule has 1 aromatic rings. The average molecular weight is 299 g/mol. The van der Waals surface area contributed by atoms with Crippen molar-refractivity contribution in [1.29, 1.82) is 0 Å². The van der Waals surface area contributed by atoms with E-state index >= 15 is 0 Å². The van der Waals surface area contributed by atoms with Crippen LogP contribution < -0.4 is 5.73 Å². The summed E-state index contributed by atoms with van der Waals surface area (Å²) in [5.74, 6) is 0.0294. The lowest BCUT2D eigenvalue weighted by Gasteiger charge is -2.36. The zero-order valence-electron chi connectivity index (χ0n) is 12.4. The first-order valence-corrected chi connectivity index (χ1v) is 8.63. The first-order chi connectivity index (χ1) is 9.26. The summed E-state index contributed by atoms with van der Waals surface area (Å²) < 4.78 is 24.0. The van der Waals surface area contributed by atoms with Gasteiger partial charge in [-0.3, -0.25) is 0 Å². The molecule has 0 bridgehead atoms. The number of hydrogen-bond acceptors (Lipinski definition) is 4. The van der Waals surface area contributed by atoms with Crippen LogP contribution in [0.5, 0.6) is 0 Å². The van der Waals surface area contributed by atoms with Crippen molar-refractivity contribution < 1.29 is 13.5 Å². The molecule has 114 valence electrons. The van der Waals surface area contributed by atoms with Crippen molar-refractivity contribution >= 4 is 9.84 Å². The maximum atomic E-state index is 12.0. The second kappa shape index (κ2) is 6.70. The molecule has 0 aromatic heterocycles. The summed E-state index contributed by atoms with van der Waals surface area (Å²) >= 11 is 0. The third kappa shape index (κ3) is 3.59. The average Bonchev–Trinajstić information content (AvgIpc) is 2.40. The number of rotatable bonds is 7. The summed E-state index contributed by atoms with van der Waals surface area (Å²) in [6, 6.07) is 9.42. The number of nitrogens with two attached hydrogens (primary N) is 1. The molecule has 0 spiro atoms. The highest BCUT2D eigenvalue weighted by atomic mass is 32.2. The van der Waals surface area contributed by atoms with Gasteiger partial charge < -0.3 is 10.8 Å². The van der Waals surface area contributed by atoms with Gasteiger partial charge in [0.25, 0.3) is 0 Å². The van der Waals surface area contributed by atoms with Gasteiger partial charge in [-0.05, 0) is 32.8 Å².